The first kappa shape index (κ1) is 17.5. The van der Waals surface area contributed by atoms with Crippen LogP contribution in [0.2, 0.25) is 0 Å². The standard InChI is InChI=1S/C22H29N3O/c1-2-26-22-8-4-3-7-20(22)16-25-15-19-9-10-21(25)17-24(14-19)13-18-6-5-11-23-12-18/h3-8,11-12,19,21H,2,9-10,13-17H2,1H3/t19-,21+/m0/s1. The Bertz CT molecular complexity index is 706. The van der Waals surface area contributed by atoms with E-state index in [0.29, 0.717) is 6.04 Å². The molecule has 0 radical (unpaired) electrons. The summed E-state index contributed by atoms with van der Waals surface area (Å²) in [6, 6.07) is 13.4. The number of pyridine rings is 1. The number of aromatic nitrogens is 1. The van der Waals surface area contributed by atoms with E-state index in [1.807, 2.05) is 18.5 Å². The Morgan fingerprint density at radius 3 is 2.81 bits per heavy atom. The maximum atomic E-state index is 5.85. The van der Waals surface area contributed by atoms with Crippen molar-refractivity contribution in [2.24, 2.45) is 5.92 Å². The molecule has 4 heterocycles. The second-order valence-electron chi connectivity index (χ2n) is 7.62. The van der Waals surface area contributed by atoms with E-state index in [1.165, 1.54) is 37.1 Å². The molecular formula is C22H29N3O. The van der Waals surface area contributed by atoms with Crippen LogP contribution in [0.5, 0.6) is 5.75 Å². The van der Waals surface area contributed by atoms with E-state index in [-0.39, 0.29) is 0 Å². The highest BCUT2D eigenvalue weighted by molar-refractivity contribution is 5.33. The smallest absolute Gasteiger partial charge is 0.123 e. The van der Waals surface area contributed by atoms with Crippen molar-refractivity contribution in [1.29, 1.82) is 0 Å². The van der Waals surface area contributed by atoms with Gasteiger partial charge in [0.2, 0.25) is 0 Å². The van der Waals surface area contributed by atoms with Crippen LogP contribution in [-0.4, -0.2) is 47.1 Å². The van der Waals surface area contributed by atoms with Crippen molar-refractivity contribution in [1.82, 2.24) is 14.8 Å². The van der Waals surface area contributed by atoms with E-state index in [2.05, 4.69) is 52.0 Å². The fourth-order valence-corrected chi connectivity index (χ4v) is 4.50. The van der Waals surface area contributed by atoms with Gasteiger partial charge < -0.3 is 4.74 Å². The lowest BCUT2D eigenvalue weighted by Gasteiger charge is -2.36. The summed E-state index contributed by atoms with van der Waals surface area (Å²) >= 11 is 0. The molecule has 3 aliphatic heterocycles. The molecule has 4 heteroatoms. The topological polar surface area (TPSA) is 28.6 Å². The molecule has 0 amide bonds. The maximum absolute atomic E-state index is 5.85. The molecule has 5 rings (SSSR count). The van der Waals surface area contributed by atoms with E-state index >= 15 is 0 Å². The minimum absolute atomic E-state index is 0.639. The zero-order valence-corrected chi connectivity index (χ0v) is 15.7. The molecule has 3 fully saturated rings. The Morgan fingerprint density at radius 1 is 1.04 bits per heavy atom. The first-order valence-corrected chi connectivity index (χ1v) is 9.88. The van der Waals surface area contributed by atoms with E-state index in [0.717, 1.165) is 37.9 Å². The number of para-hydroxylation sites is 1. The van der Waals surface area contributed by atoms with Gasteiger partial charge in [0.05, 0.1) is 6.61 Å². The van der Waals surface area contributed by atoms with E-state index in [1.54, 1.807) is 0 Å². The number of rotatable bonds is 6. The van der Waals surface area contributed by atoms with Gasteiger partial charge >= 0.3 is 0 Å². The lowest BCUT2D eigenvalue weighted by atomic mass is 9.94. The zero-order chi connectivity index (χ0) is 17.8. The van der Waals surface area contributed by atoms with E-state index in [9.17, 15) is 0 Å². The number of fused-ring (bicyclic) bond motifs is 4. The van der Waals surface area contributed by atoms with Crippen molar-refractivity contribution in [2.75, 3.05) is 26.2 Å². The van der Waals surface area contributed by atoms with Crippen LogP contribution in [0.15, 0.2) is 48.8 Å². The van der Waals surface area contributed by atoms with Gasteiger partial charge in [-0.2, -0.15) is 0 Å². The van der Waals surface area contributed by atoms with Gasteiger partial charge in [-0.05, 0) is 43.4 Å². The average Bonchev–Trinajstić information content (AvgIpc) is 2.95. The summed E-state index contributed by atoms with van der Waals surface area (Å²) in [5.74, 6) is 1.81. The van der Waals surface area contributed by atoms with Gasteiger partial charge in [0.1, 0.15) is 5.75 Å². The Balaban J connectivity index is 1.45. The van der Waals surface area contributed by atoms with Crippen molar-refractivity contribution in [3.05, 3.63) is 59.9 Å². The largest absolute Gasteiger partial charge is 0.494 e. The molecule has 2 atom stereocenters. The van der Waals surface area contributed by atoms with Gasteiger partial charge in [0.15, 0.2) is 0 Å². The third-order valence-corrected chi connectivity index (χ3v) is 5.68. The van der Waals surface area contributed by atoms with Gasteiger partial charge in [0, 0.05) is 56.7 Å². The van der Waals surface area contributed by atoms with Crippen molar-refractivity contribution in [3.8, 4) is 5.75 Å². The Morgan fingerprint density at radius 2 is 1.96 bits per heavy atom. The van der Waals surface area contributed by atoms with Crippen LogP contribution in [0, 0.1) is 5.92 Å². The van der Waals surface area contributed by atoms with Crippen LogP contribution in [0.4, 0.5) is 0 Å². The van der Waals surface area contributed by atoms with Crippen LogP contribution < -0.4 is 4.74 Å². The molecule has 3 saturated heterocycles. The molecule has 2 aromatic rings. The summed E-state index contributed by atoms with van der Waals surface area (Å²) in [6.07, 6.45) is 6.53. The van der Waals surface area contributed by atoms with Crippen LogP contribution in [-0.2, 0) is 13.1 Å². The van der Waals surface area contributed by atoms with Crippen molar-refractivity contribution in [2.45, 2.75) is 38.9 Å². The van der Waals surface area contributed by atoms with Gasteiger partial charge in [-0.1, -0.05) is 24.3 Å². The second-order valence-corrected chi connectivity index (χ2v) is 7.62. The monoisotopic (exact) mass is 351 g/mol. The predicted octanol–water partition coefficient (Wildman–Crippen LogP) is 3.58. The predicted molar refractivity (Wildman–Crippen MR) is 104 cm³/mol. The number of ether oxygens (including phenoxy) is 1. The Labute approximate surface area is 156 Å². The third-order valence-electron chi connectivity index (χ3n) is 5.68. The molecular weight excluding hydrogens is 322 g/mol. The number of hydrogen-bond acceptors (Lipinski definition) is 4. The fraction of sp³-hybridized carbons (Fsp3) is 0.500. The lowest BCUT2D eigenvalue weighted by molar-refractivity contribution is 0.121. The summed E-state index contributed by atoms with van der Waals surface area (Å²) in [5, 5.41) is 0. The molecule has 0 aliphatic carbocycles. The van der Waals surface area contributed by atoms with E-state index < -0.39 is 0 Å². The normalized spacial score (nSPS) is 23.7. The molecule has 0 saturated carbocycles. The molecule has 0 spiro atoms. The van der Waals surface area contributed by atoms with E-state index in [4.69, 9.17) is 4.74 Å². The van der Waals surface area contributed by atoms with Gasteiger partial charge in [-0.25, -0.2) is 0 Å². The summed E-state index contributed by atoms with van der Waals surface area (Å²) < 4.78 is 5.85. The first-order chi connectivity index (χ1) is 12.8. The molecule has 3 aliphatic rings. The number of hydrogen-bond donors (Lipinski definition) is 0. The molecule has 2 bridgehead atoms. The average molecular weight is 351 g/mol. The molecule has 1 aromatic carbocycles. The molecule has 4 nitrogen and oxygen atoms in total. The van der Waals surface area contributed by atoms with Gasteiger partial charge in [-0.15, -0.1) is 0 Å². The molecule has 26 heavy (non-hydrogen) atoms. The molecule has 138 valence electrons. The molecule has 0 N–H and O–H groups in total. The Hall–Kier alpha value is -1.91. The molecule has 0 unspecified atom stereocenters. The van der Waals surface area contributed by atoms with Crippen molar-refractivity contribution in [3.63, 3.8) is 0 Å². The second kappa shape index (κ2) is 8.19. The lowest BCUT2D eigenvalue weighted by Crippen LogP contribution is -2.43. The summed E-state index contributed by atoms with van der Waals surface area (Å²) in [4.78, 5) is 9.60. The number of piperidine rings is 1. The highest BCUT2D eigenvalue weighted by Gasteiger charge is 2.34. The van der Waals surface area contributed by atoms with Crippen LogP contribution >= 0.6 is 0 Å². The van der Waals surface area contributed by atoms with Gasteiger partial charge in [-0.3, -0.25) is 14.8 Å². The highest BCUT2D eigenvalue weighted by atomic mass is 16.5. The van der Waals surface area contributed by atoms with Crippen LogP contribution in [0.1, 0.15) is 30.9 Å². The summed E-state index contributed by atoms with van der Waals surface area (Å²) in [6.45, 7) is 8.36. The van der Waals surface area contributed by atoms with Crippen molar-refractivity contribution >= 4 is 0 Å². The quantitative estimate of drug-likeness (QED) is 0.795. The summed E-state index contributed by atoms with van der Waals surface area (Å²) in [5.41, 5.74) is 2.64. The maximum Gasteiger partial charge on any atom is 0.123 e. The summed E-state index contributed by atoms with van der Waals surface area (Å²) in [7, 11) is 0. The van der Waals surface area contributed by atoms with Crippen molar-refractivity contribution < 1.29 is 4.74 Å². The minimum atomic E-state index is 0.639. The Kier molecular flexibility index (Phi) is 5.51. The minimum Gasteiger partial charge on any atom is -0.494 e. The zero-order valence-electron chi connectivity index (χ0n) is 15.7. The van der Waals surface area contributed by atoms with Gasteiger partial charge in [0.25, 0.3) is 0 Å². The third kappa shape index (κ3) is 4.08. The van der Waals surface area contributed by atoms with Crippen LogP contribution in [0.3, 0.4) is 0 Å². The number of nitrogens with zero attached hydrogens (tertiary/aromatic N) is 3. The number of benzene rings is 1. The highest BCUT2D eigenvalue weighted by Crippen LogP contribution is 2.31. The SMILES string of the molecule is CCOc1ccccc1CN1C[C@H]2CC[C@@H]1CN(Cc1cccnc1)C2. The fourth-order valence-electron chi connectivity index (χ4n) is 4.50. The first-order valence-electron chi connectivity index (χ1n) is 9.88. The van der Waals surface area contributed by atoms with Crippen LogP contribution in [0.25, 0.3) is 0 Å². The molecule has 1 aromatic heterocycles.